The van der Waals surface area contributed by atoms with Crippen molar-refractivity contribution >= 4 is 17.7 Å². The number of urea groups is 1. The molecule has 0 saturated carbocycles. The lowest BCUT2D eigenvalue weighted by Crippen LogP contribution is -2.41. The molecule has 0 unspecified atom stereocenters. The number of nitrogen functional groups attached to an aromatic ring is 1. The molecular weight excluding hydrogens is 589 g/mol. The second kappa shape index (κ2) is 11.5. The van der Waals surface area contributed by atoms with Gasteiger partial charge in [-0.3, -0.25) is 0 Å². The van der Waals surface area contributed by atoms with Crippen LogP contribution in [-0.2, 0) is 18.3 Å². The molecule has 4 rings (SSSR count). The van der Waals surface area contributed by atoms with Gasteiger partial charge < -0.3 is 20.7 Å². The Morgan fingerprint density at radius 1 is 0.976 bits per heavy atom. The summed E-state index contributed by atoms with van der Waals surface area (Å²) in [6.07, 6.45) is -8.40. The first-order chi connectivity index (χ1) is 19.6. The third-order valence-electron chi connectivity index (χ3n) is 6.24. The van der Waals surface area contributed by atoms with E-state index in [2.05, 4.69) is 19.9 Å². The van der Waals surface area contributed by atoms with E-state index < -0.39 is 71.2 Å². The predicted molar refractivity (Wildman–Crippen MR) is 127 cm³/mol. The van der Waals surface area contributed by atoms with Crippen molar-refractivity contribution in [2.45, 2.75) is 37.0 Å². The van der Waals surface area contributed by atoms with Gasteiger partial charge in [0, 0.05) is 37.5 Å². The number of para-hydroxylation sites is 1. The topological polar surface area (TPSA) is 119 Å². The number of carbonyl (C=O) groups is 1. The van der Waals surface area contributed by atoms with Gasteiger partial charge in [0.25, 0.3) is 0 Å². The first-order valence-electron chi connectivity index (χ1n) is 12.0. The van der Waals surface area contributed by atoms with Crippen LogP contribution in [0.4, 0.5) is 55.9 Å². The summed E-state index contributed by atoms with van der Waals surface area (Å²) in [5.74, 6) is -8.54. The summed E-state index contributed by atoms with van der Waals surface area (Å²) in [5, 5.41) is 1.93. The van der Waals surface area contributed by atoms with Crippen LogP contribution in [0, 0.1) is 5.82 Å². The minimum atomic E-state index is -4.94. The molecule has 1 aliphatic heterocycles. The standard InChI is InChI=1S/C24H20F9N7O2/c25-15-3-1-2-13(23(28,29)30)18(15)39-21(41)40-8-5-12(6-9-40)17-14(10-36-20(34)38-17)22(26,27)11-42-16-4-7-35-19(37-16)24(31,32)33/h1-4,7,10,12H,5-6,8-9,11H2,(H,39,41)(H2,34,36,38). The number of rotatable bonds is 6. The fourth-order valence-electron chi connectivity index (χ4n) is 4.23. The quantitative estimate of drug-likeness (QED) is 0.349. The number of nitrogens with one attached hydrogen (secondary N) is 1. The van der Waals surface area contributed by atoms with Crippen LogP contribution in [-0.4, -0.2) is 50.6 Å². The summed E-state index contributed by atoms with van der Waals surface area (Å²) >= 11 is 0. The molecule has 3 aromatic rings. The molecule has 3 N–H and O–H groups in total. The Morgan fingerprint density at radius 3 is 2.31 bits per heavy atom. The van der Waals surface area contributed by atoms with Gasteiger partial charge in [-0.2, -0.15) is 40.1 Å². The molecule has 0 bridgehead atoms. The van der Waals surface area contributed by atoms with E-state index >= 15 is 8.78 Å². The monoisotopic (exact) mass is 609 g/mol. The van der Waals surface area contributed by atoms with Gasteiger partial charge in [0.15, 0.2) is 6.61 Å². The van der Waals surface area contributed by atoms with Crippen LogP contribution in [0.2, 0.25) is 0 Å². The number of alkyl halides is 8. The number of carbonyl (C=O) groups excluding carboxylic acids is 1. The van der Waals surface area contributed by atoms with Gasteiger partial charge in [0.2, 0.25) is 17.7 Å². The van der Waals surface area contributed by atoms with Gasteiger partial charge in [-0.1, -0.05) is 6.07 Å². The maximum Gasteiger partial charge on any atom is 0.451 e. The van der Waals surface area contributed by atoms with Crippen LogP contribution < -0.4 is 15.8 Å². The Balaban J connectivity index is 1.46. The van der Waals surface area contributed by atoms with Crippen molar-refractivity contribution in [3.05, 3.63) is 65.1 Å². The van der Waals surface area contributed by atoms with Crippen molar-refractivity contribution in [1.29, 1.82) is 0 Å². The third kappa shape index (κ3) is 6.91. The van der Waals surface area contributed by atoms with Gasteiger partial charge in [0.1, 0.15) is 5.82 Å². The number of anilines is 2. The van der Waals surface area contributed by atoms with E-state index in [1.165, 1.54) is 0 Å². The zero-order valence-corrected chi connectivity index (χ0v) is 21.1. The highest BCUT2D eigenvalue weighted by Crippen LogP contribution is 2.39. The second-order valence-corrected chi connectivity index (χ2v) is 9.09. The van der Waals surface area contributed by atoms with Gasteiger partial charge in [-0.05, 0) is 25.0 Å². The van der Waals surface area contributed by atoms with Crippen molar-refractivity contribution in [2.24, 2.45) is 0 Å². The van der Waals surface area contributed by atoms with E-state index in [9.17, 15) is 35.5 Å². The Labute approximate surface area is 230 Å². The fraction of sp³-hybridized carbons (Fsp3) is 0.375. The molecule has 0 radical (unpaired) electrons. The maximum atomic E-state index is 15.2. The summed E-state index contributed by atoms with van der Waals surface area (Å²) in [7, 11) is 0. The van der Waals surface area contributed by atoms with Crippen molar-refractivity contribution in [3.63, 3.8) is 0 Å². The number of piperidine rings is 1. The third-order valence-corrected chi connectivity index (χ3v) is 6.24. The summed E-state index contributed by atoms with van der Waals surface area (Å²) in [6.45, 7) is -1.69. The first-order valence-corrected chi connectivity index (χ1v) is 12.0. The second-order valence-electron chi connectivity index (χ2n) is 9.09. The predicted octanol–water partition coefficient (Wildman–Crippen LogP) is 5.61. The number of halogens is 9. The molecule has 0 atom stereocenters. The normalized spacial score (nSPS) is 15.0. The van der Waals surface area contributed by atoms with Crippen LogP contribution in [0.25, 0.3) is 0 Å². The molecule has 2 amide bonds. The Kier molecular flexibility index (Phi) is 8.36. The minimum absolute atomic E-state index is 0.0120. The Morgan fingerprint density at radius 2 is 1.67 bits per heavy atom. The molecule has 1 saturated heterocycles. The van der Waals surface area contributed by atoms with Gasteiger partial charge in [0.05, 0.1) is 22.5 Å². The summed E-state index contributed by atoms with van der Waals surface area (Å²) in [6, 6.07) is 2.04. The summed E-state index contributed by atoms with van der Waals surface area (Å²) in [4.78, 5) is 27.3. The number of aromatic nitrogens is 4. The molecule has 9 nitrogen and oxygen atoms in total. The van der Waals surface area contributed by atoms with Gasteiger partial charge in [-0.15, -0.1) is 0 Å². The SMILES string of the molecule is Nc1ncc(C(F)(F)COc2ccnc(C(F)(F)F)n2)c(C2CCN(C(=O)Nc3c(F)cccc3C(F)(F)F)CC2)n1. The fourth-order valence-corrected chi connectivity index (χ4v) is 4.23. The number of ether oxygens (including phenoxy) is 1. The molecule has 1 aromatic carbocycles. The number of hydrogen-bond acceptors (Lipinski definition) is 7. The van der Waals surface area contributed by atoms with Crippen molar-refractivity contribution < 1.29 is 49.0 Å². The number of amides is 2. The van der Waals surface area contributed by atoms with Crippen molar-refractivity contribution in [2.75, 3.05) is 30.7 Å². The molecule has 42 heavy (non-hydrogen) atoms. The molecule has 226 valence electrons. The van der Waals surface area contributed by atoms with E-state index in [-0.39, 0.29) is 37.6 Å². The van der Waals surface area contributed by atoms with Crippen LogP contribution in [0.15, 0.2) is 36.7 Å². The van der Waals surface area contributed by atoms with Crippen molar-refractivity contribution in [1.82, 2.24) is 24.8 Å². The number of benzene rings is 1. The van der Waals surface area contributed by atoms with Crippen LogP contribution >= 0.6 is 0 Å². The number of nitrogens with zero attached hydrogens (tertiary/aromatic N) is 5. The molecule has 2 aromatic heterocycles. The minimum Gasteiger partial charge on any atom is -0.471 e. The van der Waals surface area contributed by atoms with Crippen LogP contribution in [0.1, 0.15) is 41.4 Å². The van der Waals surface area contributed by atoms with E-state index in [4.69, 9.17) is 10.5 Å². The molecule has 1 fully saturated rings. The van der Waals surface area contributed by atoms with Crippen LogP contribution in [0.5, 0.6) is 5.88 Å². The number of nitrogens with two attached hydrogens (primary N) is 1. The number of hydrogen-bond donors (Lipinski definition) is 2. The van der Waals surface area contributed by atoms with Crippen molar-refractivity contribution in [3.8, 4) is 5.88 Å². The summed E-state index contributed by atoms with van der Waals surface area (Å²) in [5.41, 5.74) is 2.24. The van der Waals surface area contributed by atoms with Gasteiger partial charge >= 0.3 is 24.3 Å². The molecule has 0 spiro atoms. The molecule has 3 heterocycles. The highest BCUT2D eigenvalue weighted by atomic mass is 19.4. The van der Waals surface area contributed by atoms with E-state index in [1.54, 1.807) is 0 Å². The lowest BCUT2D eigenvalue weighted by atomic mass is 9.89. The highest BCUT2D eigenvalue weighted by molar-refractivity contribution is 5.90. The Bertz CT molecular complexity index is 1440. The maximum absolute atomic E-state index is 15.2. The largest absolute Gasteiger partial charge is 0.471 e. The van der Waals surface area contributed by atoms with E-state index in [1.807, 2.05) is 5.32 Å². The molecule has 0 aliphatic carbocycles. The van der Waals surface area contributed by atoms with Gasteiger partial charge in [-0.25, -0.2) is 24.1 Å². The lowest BCUT2D eigenvalue weighted by Gasteiger charge is -2.33. The molecular formula is C24H20F9N7O2. The Hall–Kier alpha value is -4.38. The number of likely N-dealkylation sites (tertiary alicyclic amines) is 1. The molecule has 1 aliphatic rings. The van der Waals surface area contributed by atoms with E-state index in [0.29, 0.717) is 12.3 Å². The smallest absolute Gasteiger partial charge is 0.451 e. The summed E-state index contributed by atoms with van der Waals surface area (Å²) < 4.78 is 128. The first kappa shape index (κ1) is 30.6. The molecule has 18 heteroatoms. The average Bonchev–Trinajstić information content (AvgIpc) is 2.92. The highest BCUT2D eigenvalue weighted by Gasteiger charge is 2.41. The lowest BCUT2D eigenvalue weighted by molar-refractivity contribution is -0.145. The average molecular weight is 609 g/mol. The zero-order chi connectivity index (χ0) is 30.9. The van der Waals surface area contributed by atoms with Crippen LogP contribution in [0.3, 0.4) is 0 Å². The zero-order valence-electron chi connectivity index (χ0n) is 21.1. The van der Waals surface area contributed by atoms with E-state index in [0.717, 1.165) is 29.3 Å².